The molecule has 1 heterocycles. The zero-order chi connectivity index (χ0) is 13.5. The van der Waals surface area contributed by atoms with E-state index in [1.165, 1.54) is 12.8 Å². The van der Waals surface area contributed by atoms with Gasteiger partial charge in [-0.25, -0.2) is 0 Å². The third kappa shape index (κ3) is 2.32. The molecule has 1 unspecified atom stereocenters. The number of ether oxygens (including phenoxy) is 1. The van der Waals surface area contributed by atoms with Gasteiger partial charge in [0.15, 0.2) is 0 Å². The van der Waals surface area contributed by atoms with Crippen LogP contribution in [0.2, 0.25) is 0 Å². The normalized spacial score (nSPS) is 25.3. The summed E-state index contributed by atoms with van der Waals surface area (Å²) < 4.78 is 5.17. The van der Waals surface area contributed by atoms with Gasteiger partial charge in [0.1, 0.15) is 5.75 Å². The van der Waals surface area contributed by atoms with E-state index >= 15 is 0 Å². The van der Waals surface area contributed by atoms with Crippen LogP contribution in [-0.4, -0.2) is 32.1 Å². The average molecular weight is 260 g/mol. The van der Waals surface area contributed by atoms with E-state index in [4.69, 9.17) is 4.74 Å². The fourth-order valence-corrected chi connectivity index (χ4v) is 2.65. The van der Waals surface area contributed by atoms with E-state index in [1.54, 1.807) is 7.11 Å². The molecule has 0 radical (unpaired) electrons. The van der Waals surface area contributed by atoms with Gasteiger partial charge in [-0.05, 0) is 44.0 Å². The van der Waals surface area contributed by atoms with Gasteiger partial charge in [0.25, 0.3) is 0 Å². The SMILES string of the molecule is COc1ccc(N2CC3(CC3)CNC(C)C2=O)cc1. The molecule has 1 atom stereocenters. The van der Waals surface area contributed by atoms with Crippen molar-refractivity contribution in [1.82, 2.24) is 5.32 Å². The summed E-state index contributed by atoms with van der Waals surface area (Å²) in [6.45, 7) is 3.72. The lowest BCUT2D eigenvalue weighted by atomic mass is 10.1. The second kappa shape index (κ2) is 4.53. The van der Waals surface area contributed by atoms with Crippen molar-refractivity contribution < 1.29 is 9.53 Å². The van der Waals surface area contributed by atoms with Crippen LogP contribution in [-0.2, 0) is 4.79 Å². The Morgan fingerprint density at radius 2 is 2.00 bits per heavy atom. The molecule has 4 nitrogen and oxygen atoms in total. The van der Waals surface area contributed by atoms with Gasteiger partial charge in [0.2, 0.25) is 5.91 Å². The zero-order valence-electron chi connectivity index (χ0n) is 11.5. The molecule has 0 bridgehead atoms. The molecule has 1 amide bonds. The van der Waals surface area contributed by atoms with Gasteiger partial charge in [-0.1, -0.05) is 0 Å². The summed E-state index contributed by atoms with van der Waals surface area (Å²) in [5.74, 6) is 0.979. The second-order valence-electron chi connectivity index (χ2n) is 5.72. The Kier molecular flexibility index (Phi) is 2.97. The topological polar surface area (TPSA) is 41.6 Å². The number of amides is 1. The average Bonchev–Trinajstić information content (AvgIpc) is 3.23. The number of anilines is 1. The summed E-state index contributed by atoms with van der Waals surface area (Å²) in [4.78, 5) is 14.4. The van der Waals surface area contributed by atoms with E-state index in [1.807, 2.05) is 36.1 Å². The number of benzene rings is 1. The van der Waals surface area contributed by atoms with Crippen LogP contribution in [0.4, 0.5) is 5.69 Å². The van der Waals surface area contributed by atoms with E-state index < -0.39 is 0 Å². The summed E-state index contributed by atoms with van der Waals surface area (Å²) in [7, 11) is 1.65. The molecule has 0 aromatic heterocycles. The summed E-state index contributed by atoms with van der Waals surface area (Å²) in [5.41, 5.74) is 1.27. The number of methoxy groups -OCH3 is 1. The lowest BCUT2D eigenvalue weighted by molar-refractivity contribution is -0.119. The molecule has 1 saturated heterocycles. The van der Waals surface area contributed by atoms with Gasteiger partial charge >= 0.3 is 0 Å². The lowest BCUT2D eigenvalue weighted by Gasteiger charge is -2.25. The molecule has 2 fully saturated rings. The fraction of sp³-hybridized carbons (Fsp3) is 0.533. The number of rotatable bonds is 2. The molecule has 2 aliphatic rings. The molecule has 3 rings (SSSR count). The highest BCUT2D eigenvalue weighted by Crippen LogP contribution is 2.47. The van der Waals surface area contributed by atoms with E-state index in [0.29, 0.717) is 5.41 Å². The number of nitrogens with one attached hydrogen (secondary N) is 1. The molecule has 1 aromatic rings. The predicted octanol–water partition coefficient (Wildman–Crippen LogP) is 1.80. The molecule has 19 heavy (non-hydrogen) atoms. The first-order valence-corrected chi connectivity index (χ1v) is 6.82. The van der Waals surface area contributed by atoms with E-state index in [2.05, 4.69) is 5.32 Å². The largest absolute Gasteiger partial charge is 0.497 e. The maximum Gasteiger partial charge on any atom is 0.243 e. The van der Waals surface area contributed by atoms with Gasteiger partial charge < -0.3 is 15.0 Å². The summed E-state index contributed by atoms with van der Waals surface area (Å²) in [6, 6.07) is 7.63. The van der Waals surface area contributed by atoms with E-state index in [-0.39, 0.29) is 11.9 Å². The molecule has 1 aromatic carbocycles. The van der Waals surface area contributed by atoms with Crippen LogP contribution < -0.4 is 15.0 Å². The van der Waals surface area contributed by atoms with Crippen molar-refractivity contribution in [2.24, 2.45) is 5.41 Å². The van der Waals surface area contributed by atoms with Gasteiger partial charge in [0, 0.05) is 24.2 Å². The fourth-order valence-electron chi connectivity index (χ4n) is 2.65. The van der Waals surface area contributed by atoms with Crippen LogP contribution in [0, 0.1) is 5.41 Å². The molecule has 1 N–H and O–H groups in total. The lowest BCUT2D eigenvalue weighted by Crippen LogP contribution is -2.41. The third-order valence-electron chi connectivity index (χ3n) is 4.25. The van der Waals surface area contributed by atoms with Crippen molar-refractivity contribution >= 4 is 11.6 Å². The van der Waals surface area contributed by atoms with E-state index in [9.17, 15) is 4.79 Å². The van der Waals surface area contributed by atoms with Crippen LogP contribution in [0.5, 0.6) is 5.75 Å². The Balaban J connectivity index is 1.88. The highest BCUT2D eigenvalue weighted by molar-refractivity contribution is 5.97. The predicted molar refractivity (Wildman–Crippen MR) is 74.5 cm³/mol. The molecule has 4 heteroatoms. The van der Waals surface area contributed by atoms with Crippen molar-refractivity contribution in [1.29, 1.82) is 0 Å². The van der Waals surface area contributed by atoms with Crippen molar-refractivity contribution in [3.63, 3.8) is 0 Å². The molecule has 1 saturated carbocycles. The molecular formula is C15H20N2O2. The van der Waals surface area contributed by atoms with Crippen molar-refractivity contribution in [3.05, 3.63) is 24.3 Å². The monoisotopic (exact) mass is 260 g/mol. The smallest absolute Gasteiger partial charge is 0.243 e. The Labute approximate surface area is 113 Å². The third-order valence-corrected chi connectivity index (χ3v) is 4.25. The quantitative estimate of drug-likeness (QED) is 0.881. The Morgan fingerprint density at radius 3 is 2.58 bits per heavy atom. The Bertz CT molecular complexity index is 479. The van der Waals surface area contributed by atoms with E-state index in [0.717, 1.165) is 24.5 Å². The minimum Gasteiger partial charge on any atom is -0.497 e. The number of carbonyl (C=O) groups excluding carboxylic acids is 1. The standard InChI is InChI=1S/C15H20N2O2/c1-11-14(18)17(10-15(7-8-15)9-16-11)12-3-5-13(19-2)6-4-12/h3-6,11,16H,7-10H2,1-2H3. The molecule has 102 valence electrons. The Hall–Kier alpha value is -1.55. The van der Waals surface area contributed by atoms with Gasteiger partial charge in [0.05, 0.1) is 13.2 Å². The van der Waals surface area contributed by atoms with Gasteiger partial charge in [-0.3, -0.25) is 4.79 Å². The first kappa shape index (κ1) is 12.5. The maximum absolute atomic E-state index is 12.4. The highest BCUT2D eigenvalue weighted by atomic mass is 16.5. The molecule has 1 spiro atoms. The summed E-state index contributed by atoms with van der Waals surface area (Å²) in [5, 5.41) is 3.35. The highest BCUT2D eigenvalue weighted by Gasteiger charge is 2.47. The van der Waals surface area contributed by atoms with Gasteiger partial charge in [-0.2, -0.15) is 0 Å². The van der Waals surface area contributed by atoms with Crippen molar-refractivity contribution in [2.45, 2.75) is 25.8 Å². The first-order chi connectivity index (χ1) is 9.13. The first-order valence-electron chi connectivity index (χ1n) is 6.82. The molecular weight excluding hydrogens is 240 g/mol. The zero-order valence-corrected chi connectivity index (χ0v) is 11.5. The molecule has 1 aliphatic carbocycles. The molecule has 1 aliphatic heterocycles. The minimum absolute atomic E-state index is 0.109. The van der Waals surface area contributed by atoms with Crippen LogP contribution >= 0.6 is 0 Å². The summed E-state index contributed by atoms with van der Waals surface area (Å²) >= 11 is 0. The van der Waals surface area contributed by atoms with Crippen molar-refractivity contribution in [3.8, 4) is 5.75 Å². The maximum atomic E-state index is 12.4. The van der Waals surface area contributed by atoms with Crippen LogP contribution in [0.3, 0.4) is 0 Å². The van der Waals surface area contributed by atoms with Crippen molar-refractivity contribution in [2.75, 3.05) is 25.1 Å². The van der Waals surface area contributed by atoms with Crippen LogP contribution in [0.15, 0.2) is 24.3 Å². The number of hydrogen-bond donors (Lipinski definition) is 1. The number of nitrogens with zero attached hydrogens (tertiary/aromatic N) is 1. The number of hydrogen-bond acceptors (Lipinski definition) is 3. The summed E-state index contributed by atoms with van der Waals surface area (Å²) in [6.07, 6.45) is 2.43. The number of carbonyl (C=O) groups is 1. The van der Waals surface area contributed by atoms with Crippen LogP contribution in [0.25, 0.3) is 0 Å². The minimum atomic E-state index is -0.109. The van der Waals surface area contributed by atoms with Gasteiger partial charge in [-0.15, -0.1) is 0 Å². The van der Waals surface area contributed by atoms with Crippen LogP contribution in [0.1, 0.15) is 19.8 Å². The second-order valence-corrected chi connectivity index (χ2v) is 5.72. The Morgan fingerprint density at radius 1 is 1.32 bits per heavy atom.